The van der Waals surface area contributed by atoms with Gasteiger partial charge < -0.3 is 14.8 Å². The van der Waals surface area contributed by atoms with Crippen LogP contribution in [0.1, 0.15) is 13.8 Å². The molecule has 5 heteroatoms. The van der Waals surface area contributed by atoms with Gasteiger partial charge in [-0.05, 0) is 18.1 Å². The summed E-state index contributed by atoms with van der Waals surface area (Å²) >= 11 is 3.31. The highest BCUT2D eigenvalue weighted by molar-refractivity contribution is 9.10. The predicted octanol–water partition coefficient (Wildman–Crippen LogP) is 1.16. The normalized spacial score (nSPS) is 10.5. The van der Waals surface area contributed by atoms with Crippen molar-refractivity contribution in [1.29, 1.82) is 0 Å². The van der Waals surface area contributed by atoms with Crippen LogP contribution in [0.15, 0.2) is 22.7 Å². The van der Waals surface area contributed by atoms with Crippen molar-refractivity contribution in [2.75, 3.05) is 6.61 Å². The zero-order valence-electron chi connectivity index (χ0n) is 8.77. The Morgan fingerprint density at radius 2 is 2.07 bits per heavy atom. The van der Waals surface area contributed by atoms with E-state index >= 15 is 0 Å². The summed E-state index contributed by atoms with van der Waals surface area (Å²) in [6.45, 7) is 4.62. The van der Waals surface area contributed by atoms with Gasteiger partial charge in [0.1, 0.15) is 5.75 Å². The first-order chi connectivity index (χ1) is 7.00. The molecule has 0 aromatic heterocycles. The molecule has 0 unspecified atom stereocenters. The summed E-state index contributed by atoms with van der Waals surface area (Å²) in [5.41, 5.74) is 0.388. The molecule has 0 saturated carbocycles. The van der Waals surface area contributed by atoms with Gasteiger partial charge in [-0.2, -0.15) is 0 Å². The highest BCUT2D eigenvalue weighted by Crippen LogP contribution is 2.17. The van der Waals surface area contributed by atoms with Gasteiger partial charge in [-0.15, -0.1) is 0 Å². The van der Waals surface area contributed by atoms with Crippen molar-refractivity contribution in [2.45, 2.75) is 13.8 Å². The van der Waals surface area contributed by atoms with E-state index in [4.69, 9.17) is 14.8 Å². The topological polar surface area (TPSA) is 49.7 Å². The van der Waals surface area contributed by atoms with E-state index in [1.165, 1.54) is 0 Å². The third-order valence-corrected chi connectivity index (χ3v) is 2.32. The highest BCUT2D eigenvalue weighted by atomic mass is 79.9. The van der Waals surface area contributed by atoms with E-state index in [0.29, 0.717) is 23.7 Å². The molecule has 82 valence electrons. The summed E-state index contributed by atoms with van der Waals surface area (Å²) in [6.07, 6.45) is 0. The largest absolute Gasteiger partial charge is 0.494 e. The van der Waals surface area contributed by atoms with E-state index < -0.39 is 7.12 Å². The summed E-state index contributed by atoms with van der Waals surface area (Å²) in [5, 5.41) is 18.2. The lowest BCUT2D eigenvalue weighted by atomic mass is 9.79. The van der Waals surface area contributed by atoms with Gasteiger partial charge in [-0.1, -0.05) is 35.8 Å². The first-order valence-corrected chi connectivity index (χ1v) is 5.58. The maximum Gasteiger partial charge on any atom is 0.492 e. The first-order valence-electron chi connectivity index (χ1n) is 4.79. The van der Waals surface area contributed by atoms with Crippen LogP contribution < -0.4 is 10.2 Å². The van der Waals surface area contributed by atoms with E-state index in [1.807, 2.05) is 13.8 Å². The van der Waals surface area contributed by atoms with Crippen LogP contribution in [0.4, 0.5) is 0 Å². The average Bonchev–Trinajstić information content (AvgIpc) is 2.14. The fourth-order valence-electron chi connectivity index (χ4n) is 1.10. The van der Waals surface area contributed by atoms with Crippen molar-refractivity contribution in [3.63, 3.8) is 0 Å². The second-order valence-corrected chi connectivity index (χ2v) is 4.68. The maximum absolute atomic E-state index is 9.12. The molecule has 0 atom stereocenters. The Labute approximate surface area is 98.4 Å². The molecule has 0 spiro atoms. The summed E-state index contributed by atoms with van der Waals surface area (Å²) < 4.78 is 6.34. The summed E-state index contributed by atoms with van der Waals surface area (Å²) in [6, 6.07) is 5.11. The van der Waals surface area contributed by atoms with Crippen molar-refractivity contribution >= 4 is 28.5 Å². The highest BCUT2D eigenvalue weighted by Gasteiger charge is 2.17. The molecule has 2 N–H and O–H groups in total. The number of benzene rings is 1. The zero-order chi connectivity index (χ0) is 11.4. The quantitative estimate of drug-likeness (QED) is 0.809. The summed E-state index contributed by atoms with van der Waals surface area (Å²) in [4.78, 5) is 0. The Balaban J connectivity index is 2.87. The molecule has 0 radical (unpaired) electrons. The fraction of sp³-hybridized carbons (Fsp3) is 0.400. The van der Waals surface area contributed by atoms with E-state index in [9.17, 15) is 0 Å². The van der Waals surface area contributed by atoms with Gasteiger partial charge in [0.25, 0.3) is 0 Å². The molecule has 0 fully saturated rings. The standard InChI is InChI=1S/C10H14BBrO3/c1-7(2)6-15-10-5-8(12)3-4-9(10)11(13)14/h3-5,7,13-14H,6H2,1-2H3. The van der Waals surface area contributed by atoms with Crippen LogP contribution in [-0.2, 0) is 0 Å². The average molecular weight is 273 g/mol. The Bertz CT molecular complexity index is 328. The number of hydrogen-bond donors (Lipinski definition) is 2. The Kier molecular flexibility index (Phi) is 4.63. The molecule has 1 aromatic carbocycles. The van der Waals surface area contributed by atoms with Crippen molar-refractivity contribution < 1.29 is 14.8 Å². The maximum atomic E-state index is 9.12. The second kappa shape index (κ2) is 5.54. The number of halogens is 1. The van der Waals surface area contributed by atoms with Gasteiger partial charge in [0.15, 0.2) is 0 Å². The van der Waals surface area contributed by atoms with Crippen molar-refractivity contribution in [2.24, 2.45) is 5.92 Å². The molecule has 0 amide bonds. The molecule has 15 heavy (non-hydrogen) atoms. The lowest BCUT2D eigenvalue weighted by molar-refractivity contribution is 0.271. The molecule has 0 heterocycles. The molecular formula is C10H14BBrO3. The lowest BCUT2D eigenvalue weighted by Gasteiger charge is -2.13. The van der Waals surface area contributed by atoms with E-state index in [2.05, 4.69) is 15.9 Å². The van der Waals surface area contributed by atoms with Gasteiger partial charge in [0, 0.05) is 9.94 Å². The van der Waals surface area contributed by atoms with E-state index in [-0.39, 0.29) is 0 Å². The monoisotopic (exact) mass is 272 g/mol. The molecule has 0 bridgehead atoms. The molecular weight excluding hydrogens is 259 g/mol. The van der Waals surface area contributed by atoms with Gasteiger partial charge in [-0.25, -0.2) is 0 Å². The van der Waals surface area contributed by atoms with Crippen LogP contribution in [0.25, 0.3) is 0 Å². The minimum absolute atomic E-state index is 0.388. The SMILES string of the molecule is CC(C)COc1cc(Br)ccc1B(O)O. The van der Waals surface area contributed by atoms with Gasteiger partial charge in [-0.3, -0.25) is 0 Å². The second-order valence-electron chi connectivity index (χ2n) is 3.76. The van der Waals surface area contributed by atoms with Crippen LogP contribution in [0.3, 0.4) is 0 Å². The smallest absolute Gasteiger partial charge is 0.492 e. The van der Waals surface area contributed by atoms with Gasteiger partial charge in [0.05, 0.1) is 6.61 Å². The van der Waals surface area contributed by atoms with Crippen molar-refractivity contribution in [3.05, 3.63) is 22.7 Å². The molecule has 1 aromatic rings. The van der Waals surface area contributed by atoms with Crippen LogP contribution in [0, 0.1) is 5.92 Å². The van der Waals surface area contributed by atoms with Crippen LogP contribution >= 0.6 is 15.9 Å². The molecule has 0 aliphatic carbocycles. The van der Waals surface area contributed by atoms with Crippen LogP contribution in [-0.4, -0.2) is 23.8 Å². The molecule has 3 nitrogen and oxygen atoms in total. The van der Waals surface area contributed by atoms with Crippen molar-refractivity contribution in [3.8, 4) is 5.75 Å². The molecule has 0 aliphatic rings. The first kappa shape index (κ1) is 12.6. The van der Waals surface area contributed by atoms with Crippen LogP contribution in [0.5, 0.6) is 5.75 Å². The molecule has 1 rings (SSSR count). The minimum Gasteiger partial charge on any atom is -0.494 e. The lowest BCUT2D eigenvalue weighted by Crippen LogP contribution is -2.31. The van der Waals surface area contributed by atoms with Gasteiger partial charge in [0.2, 0.25) is 0 Å². The number of rotatable bonds is 4. The van der Waals surface area contributed by atoms with Crippen LogP contribution in [0.2, 0.25) is 0 Å². The van der Waals surface area contributed by atoms with E-state index in [0.717, 1.165) is 4.47 Å². The summed E-state index contributed by atoms with van der Waals surface area (Å²) in [7, 11) is -1.50. The summed E-state index contributed by atoms with van der Waals surface area (Å²) in [5.74, 6) is 0.903. The minimum atomic E-state index is -1.50. The predicted molar refractivity (Wildman–Crippen MR) is 64.3 cm³/mol. The molecule has 0 aliphatic heterocycles. The Hall–Kier alpha value is -0.515. The fourth-order valence-corrected chi connectivity index (χ4v) is 1.44. The zero-order valence-corrected chi connectivity index (χ0v) is 10.4. The van der Waals surface area contributed by atoms with E-state index in [1.54, 1.807) is 18.2 Å². The number of hydrogen-bond acceptors (Lipinski definition) is 3. The molecule has 0 saturated heterocycles. The Morgan fingerprint density at radius 3 is 2.60 bits per heavy atom. The van der Waals surface area contributed by atoms with Gasteiger partial charge >= 0.3 is 7.12 Å². The third kappa shape index (κ3) is 3.85. The number of ether oxygens (including phenoxy) is 1. The Morgan fingerprint density at radius 1 is 1.40 bits per heavy atom. The third-order valence-electron chi connectivity index (χ3n) is 1.83. The van der Waals surface area contributed by atoms with Crippen molar-refractivity contribution in [1.82, 2.24) is 0 Å².